The molecule has 0 aliphatic carbocycles. The van der Waals surface area contributed by atoms with Crippen LogP contribution in [0.4, 0.5) is 0 Å². The maximum absolute atomic E-state index is 9.44. The summed E-state index contributed by atoms with van der Waals surface area (Å²) in [4.78, 5) is 0. The Morgan fingerprint density at radius 3 is 2.33 bits per heavy atom. The molecule has 1 aromatic heterocycles. The predicted molar refractivity (Wildman–Crippen MR) is 48.0 cm³/mol. The lowest BCUT2D eigenvalue weighted by atomic mass is 10.1. The fourth-order valence-electron chi connectivity index (χ4n) is 0.971. The third-order valence-corrected chi connectivity index (χ3v) is 1.93. The summed E-state index contributed by atoms with van der Waals surface area (Å²) >= 11 is 0. The number of hydrogen-bond acceptors (Lipinski definition) is 1. The number of aryl methyl sites for hydroxylation is 1. The van der Waals surface area contributed by atoms with Crippen molar-refractivity contribution in [3.63, 3.8) is 0 Å². The summed E-state index contributed by atoms with van der Waals surface area (Å²) in [5, 5.41) is 9.44. The van der Waals surface area contributed by atoms with Crippen molar-refractivity contribution in [2.45, 2.75) is 33.2 Å². The maximum atomic E-state index is 9.44. The normalized spacial score (nSPS) is 11.7. The van der Waals surface area contributed by atoms with E-state index in [9.17, 15) is 5.11 Å². The summed E-state index contributed by atoms with van der Waals surface area (Å²) in [5.41, 5.74) is 0.945. The molecule has 2 nitrogen and oxygen atoms in total. The van der Waals surface area contributed by atoms with Gasteiger partial charge in [0.15, 0.2) is 17.5 Å². The van der Waals surface area contributed by atoms with E-state index in [1.165, 1.54) is 0 Å². The van der Waals surface area contributed by atoms with Gasteiger partial charge in [-0.05, 0) is 6.92 Å². The molecule has 0 unspecified atom stereocenters. The molecule has 1 N–H and O–H groups in total. The highest BCUT2D eigenvalue weighted by Gasteiger charge is 2.21. The first-order chi connectivity index (χ1) is 5.41. The molecule has 0 bridgehead atoms. The molecule has 0 saturated heterocycles. The lowest BCUT2D eigenvalue weighted by Gasteiger charge is -2.12. The van der Waals surface area contributed by atoms with Gasteiger partial charge in [-0.1, -0.05) is 0 Å². The van der Waals surface area contributed by atoms with Crippen molar-refractivity contribution in [1.82, 2.24) is 0 Å². The third-order valence-electron chi connectivity index (χ3n) is 1.93. The molecule has 0 saturated carbocycles. The van der Waals surface area contributed by atoms with Gasteiger partial charge in [-0.2, -0.15) is 4.57 Å². The van der Waals surface area contributed by atoms with Gasteiger partial charge >= 0.3 is 0 Å². The standard InChI is InChI=1S/C10H15NO/c1-8-5-6-11(7-9(8)12)10(2,3)4/h5-7H,1-4H3/p+1. The van der Waals surface area contributed by atoms with Crippen LogP contribution in [0.3, 0.4) is 0 Å². The first-order valence-electron chi connectivity index (χ1n) is 4.12. The smallest absolute Gasteiger partial charge is 0.211 e. The fourth-order valence-corrected chi connectivity index (χ4v) is 0.971. The second-order valence-corrected chi connectivity index (χ2v) is 4.09. The van der Waals surface area contributed by atoms with Crippen LogP contribution in [0.5, 0.6) is 5.75 Å². The SMILES string of the molecule is Cc1cc[n+](C(C)(C)C)cc1O. The molecule has 1 aromatic rings. The van der Waals surface area contributed by atoms with Crippen LogP contribution < -0.4 is 4.57 Å². The second kappa shape index (κ2) is 2.77. The van der Waals surface area contributed by atoms with Crippen LogP contribution in [0, 0.1) is 6.92 Å². The molecule has 66 valence electrons. The molecule has 0 radical (unpaired) electrons. The van der Waals surface area contributed by atoms with Gasteiger partial charge in [-0.15, -0.1) is 0 Å². The van der Waals surface area contributed by atoms with E-state index in [-0.39, 0.29) is 5.54 Å². The molecule has 0 amide bonds. The van der Waals surface area contributed by atoms with E-state index < -0.39 is 0 Å². The molecule has 1 rings (SSSR count). The van der Waals surface area contributed by atoms with E-state index in [4.69, 9.17) is 0 Å². The topological polar surface area (TPSA) is 24.1 Å². The zero-order valence-electron chi connectivity index (χ0n) is 8.13. The molecule has 0 aromatic carbocycles. The Kier molecular flexibility index (Phi) is 2.09. The molecule has 0 aliphatic heterocycles. The van der Waals surface area contributed by atoms with Gasteiger partial charge in [-0.3, -0.25) is 0 Å². The van der Waals surface area contributed by atoms with Crippen molar-refractivity contribution >= 4 is 0 Å². The summed E-state index contributed by atoms with van der Waals surface area (Å²) < 4.78 is 2.00. The number of aromatic nitrogens is 1. The summed E-state index contributed by atoms with van der Waals surface area (Å²) in [6.45, 7) is 8.19. The van der Waals surface area contributed by atoms with Crippen LogP contribution in [0.1, 0.15) is 26.3 Å². The Labute approximate surface area is 73.5 Å². The number of aromatic hydroxyl groups is 1. The highest BCUT2D eigenvalue weighted by molar-refractivity contribution is 5.23. The molecule has 2 heteroatoms. The minimum Gasteiger partial charge on any atom is -0.503 e. The van der Waals surface area contributed by atoms with Crippen LogP contribution in [0.2, 0.25) is 0 Å². The Balaban J connectivity index is 3.14. The van der Waals surface area contributed by atoms with Gasteiger partial charge in [-0.25, -0.2) is 0 Å². The van der Waals surface area contributed by atoms with E-state index in [0.717, 1.165) is 5.56 Å². The average molecular weight is 166 g/mol. The van der Waals surface area contributed by atoms with Crippen molar-refractivity contribution in [2.24, 2.45) is 0 Å². The molecule has 0 spiro atoms. The zero-order valence-corrected chi connectivity index (χ0v) is 8.13. The van der Waals surface area contributed by atoms with Crippen LogP contribution in [0.15, 0.2) is 18.5 Å². The van der Waals surface area contributed by atoms with Crippen molar-refractivity contribution in [3.05, 3.63) is 24.0 Å². The lowest BCUT2D eigenvalue weighted by Crippen LogP contribution is -2.49. The minimum absolute atomic E-state index is 0.0329. The summed E-state index contributed by atoms with van der Waals surface area (Å²) in [5.74, 6) is 0.354. The van der Waals surface area contributed by atoms with Crippen molar-refractivity contribution in [2.75, 3.05) is 0 Å². The zero-order chi connectivity index (χ0) is 9.35. The molecule has 12 heavy (non-hydrogen) atoms. The van der Waals surface area contributed by atoms with E-state index in [1.54, 1.807) is 6.20 Å². The fraction of sp³-hybridized carbons (Fsp3) is 0.500. The molecule has 0 fully saturated rings. The minimum atomic E-state index is 0.0329. The predicted octanol–water partition coefficient (Wildman–Crippen LogP) is 1.74. The lowest BCUT2D eigenvalue weighted by molar-refractivity contribution is -0.754. The Morgan fingerprint density at radius 2 is 1.92 bits per heavy atom. The summed E-state index contributed by atoms with van der Waals surface area (Å²) in [6, 6.07) is 1.92. The first kappa shape index (κ1) is 9.04. The average Bonchev–Trinajstić information content (AvgIpc) is 1.92. The number of rotatable bonds is 0. The van der Waals surface area contributed by atoms with Gasteiger partial charge in [0.05, 0.1) is 0 Å². The highest BCUT2D eigenvalue weighted by atomic mass is 16.3. The Hall–Kier alpha value is -1.05. The van der Waals surface area contributed by atoms with Gasteiger partial charge in [0.25, 0.3) is 0 Å². The maximum Gasteiger partial charge on any atom is 0.211 e. The molecule has 1 heterocycles. The van der Waals surface area contributed by atoms with Crippen LogP contribution in [-0.4, -0.2) is 5.11 Å². The van der Waals surface area contributed by atoms with E-state index in [1.807, 2.05) is 23.8 Å². The van der Waals surface area contributed by atoms with E-state index >= 15 is 0 Å². The quantitative estimate of drug-likeness (QED) is 0.583. The monoisotopic (exact) mass is 166 g/mol. The van der Waals surface area contributed by atoms with Crippen molar-refractivity contribution in [3.8, 4) is 5.75 Å². The Morgan fingerprint density at radius 1 is 1.33 bits per heavy atom. The molecule has 0 atom stereocenters. The van der Waals surface area contributed by atoms with E-state index in [2.05, 4.69) is 20.8 Å². The van der Waals surface area contributed by atoms with Crippen LogP contribution in [0.25, 0.3) is 0 Å². The first-order valence-corrected chi connectivity index (χ1v) is 4.12. The Bertz CT molecular complexity index is 286. The summed E-state index contributed by atoms with van der Waals surface area (Å²) in [6.07, 6.45) is 3.74. The van der Waals surface area contributed by atoms with Crippen LogP contribution in [-0.2, 0) is 5.54 Å². The second-order valence-electron chi connectivity index (χ2n) is 4.09. The van der Waals surface area contributed by atoms with Crippen molar-refractivity contribution < 1.29 is 9.67 Å². The number of hydrogen-bond donors (Lipinski definition) is 1. The molecular formula is C10H16NO+. The van der Waals surface area contributed by atoms with Crippen LogP contribution >= 0.6 is 0 Å². The number of pyridine rings is 1. The number of nitrogens with zero attached hydrogens (tertiary/aromatic N) is 1. The van der Waals surface area contributed by atoms with Crippen molar-refractivity contribution in [1.29, 1.82) is 0 Å². The van der Waals surface area contributed by atoms with Gasteiger partial charge in [0.1, 0.15) is 0 Å². The third kappa shape index (κ3) is 1.76. The highest BCUT2D eigenvalue weighted by Crippen LogP contribution is 2.13. The molecular weight excluding hydrogens is 150 g/mol. The van der Waals surface area contributed by atoms with E-state index in [0.29, 0.717) is 5.75 Å². The largest absolute Gasteiger partial charge is 0.503 e. The van der Waals surface area contributed by atoms with Gasteiger partial charge in [0, 0.05) is 32.4 Å². The summed E-state index contributed by atoms with van der Waals surface area (Å²) in [7, 11) is 0. The molecule has 0 aliphatic rings. The van der Waals surface area contributed by atoms with Gasteiger partial charge in [0.2, 0.25) is 6.20 Å². The van der Waals surface area contributed by atoms with Gasteiger partial charge < -0.3 is 5.11 Å².